The van der Waals surface area contributed by atoms with Crippen LogP contribution in [0.3, 0.4) is 0 Å². The number of nitrogens with zero attached hydrogens (tertiary/aromatic N) is 2. The molecule has 94 valence electrons. The Morgan fingerprint density at radius 2 is 2.06 bits per heavy atom. The lowest BCUT2D eigenvalue weighted by molar-refractivity contribution is 0.0729. The van der Waals surface area contributed by atoms with E-state index in [1.807, 2.05) is 11.9 Å². The van der Waals surface area contributed by atoms with E-state index < -0.39 is 0 Å². The Kier molecular flexibility index (Phi) is 4.75. The van der Waals surface area contributed by atoms with Gasteiger partial charge in [0, 0.05) is 13.1 Å². The predicted octanol–water partition coefficient (Wildman–Crippen LogP) is 2.10. The summed E-state index contributed by atoms with van der Waals surface area (Å²) in [6.07, 6.45) is 6.18. The molecule has 4 nitrogen and oxygen atoms in total. The summed E-state index contributed by atoms with van der Waals surface area (Å²) in [5, 5.41) is 0. The van der Waals surface area contributed by atoms with Crippen LogP contribution < -0.4 is 5.73 Å². The first-order valence-corrected chi connectivity index (χ1v) is 5.67. The van der Waals surface area contributed by atoms with Gasteiger partial charge in [-0.1, -0.05) is 12.8 Å². The summed E-state index contributed by atoms with van der Waals surface area (Å²) in [5.41, 5.74) is 6.60. The standard InChI is InChI=1S/C12H17N3O.ClH/c1-15(10-4-2-3-5-10)12(16)11-7-6-9(13)8-14-11;/h6-8,10H,2-5,13H2,1H3;1H. The molecule has 0 aliphatic heterocycles. The Morgan fingerprint density at radius 3 is 2.59 bits per heavy atom. The van der Waals surface area contributed by atoms with Crippen molar-refractivity contribution in [1.29, 1.82) is 0 Å². The number of anilines is 1. The highest BCUT2D eigenvalue weighted by Crippen LogP contribution is 2.23. The number of nitrogen functional groups attached to an aromatic ring is 1. The number of pyridine rings is 1. The van der Waals surface area contributed by atoms with Gasteiger partial charge in [0.25, 0.3) is 5.91 Å². The number of amides is 1. The van der Waals surface area contributed by atoms with Crippen LogP contribution in [0.4, 0.5) is 5.69 Å². The minimum absolute atomic E-state index is 0. The van der Waals surface area contributed by atoms with Gasteiger partial charge >= 0.3 is 0 Å². The summed E-state index contributed by atoms with van der Waals surface area (Å²) in [6.45, 7) is 0. The van der Waals surface area contributed by atoms with Gasteiger partial charge in [-0.25, -0.2) is 4.98 Å². The predicted molar refractivity (Wildman–Crippen MR) is 70.2 cm³/mol. The fraction of sp³-hybridized carbons (Fsp3) is 0.500. The van der Waals surface area contributed by atoms with E-state index in [9.17, 15) is 4.79 Å². The van der Waals surface area contributed by atoms with Crippen molar-refractivity contribution in [2.45, 2.75) is 31.7 Å². The van der Waals surface area contributed by atoms with Crippen LogP contribution in [-0.4, -0.2) is 28.9 Å². The van der Waals surface area contributed by atoms with E-state index in [4.69, 9.17) is 5.73 Å². The zero-order valence-corrected chi connectivity index (χ0v) is 10.7. The summed E-state index contributed by atoms with van der Waals surface area (Å²) in [5.74, 6) is -0.00750. The Bertz CT molecular complexity index is 374. The minimum Gasteiger partial charge on any atom is -0.397 e. The highest BCUT2D eigenvalue weighted by Gasteiger charge is 2.24. The molecule has 0 atom stereocenters. The van der Waals surface area contributed by atoms with Crippen LogP contribution in [-0.2, 0) is 0 Å². The first-order valence-electron chi connectivity index (χ1n) is 5.67. The highest BCUT2D eigenvalue weighted by molar-refractivity contribution is 5.92. The third-order valence-corrected chi connectivity index (χ3v) is 3.20. The molecule has 0 unspecified atom stereocenters. The van der Waals surface area contributed by atoms with Gasteiger partial charge < -0.3 is 10.6 Å². The largest absolute Gasteiger partial charge is 0.397 e. The number of carbonyl (C=O) groups excluding carboxylic acids is 1. The van der Waals surface area contributed by atoms with E-state index in [-0.39, 0.29) is 18.3 Å². The fourth-order valence-corrected chi connectivity index (χ4v) is 2.17. The molecule has 1 amide bonds. The Morgan fingerprint density at radius 1 is 1.41 bits per heavy atom. The second kappa shape index (κ2) is 5.87. The second-order valence-electron chi connectivity index (χ2n) is 4.33. The van der Waals surface area contributed by atoms with Crippen molar-refractivity contribution in [3.8, 4) is 0 Å². The highest BCUT2D eigenvalue weighted by atomic mass is 35.5. The maximum Gasteiger partial charge on any atom is 0.272 e. The molecule has 1 aliphatic rings. The lowest BCUT2D eigenvalue weighted by Crippen LogP contribution is -2.35. The van der Waals surface area contributed by atoms with Gasteiger partial charge in [-0.15, -0.1) is 12.4 Å². The van der Waals surface area contributed by atoms with Gasteiger partial charge in [-0.3, -0.25) is 4.79 Å². The number of hydrogen-bond donors (Lipinski definition) is 1. The van der Waals surface area contributed by atoms with Crippen LogP contribution in [0.5, 0.6) is 0 Å². The van der Waals surface area contributed by atoms with Crippen molar-refractivity contribution in [3.63, 3.8) is 0 Å². The summed E-state index contributed by atoms with van der Waals surface area (Å²) in [7, 11) is 1.86. The molecule has 2 rings (SSSR count). The fourth-order valence-electron chi connectivity index (χ4n) is 2.17. The molecule has 0 saturated heterocycles. The maximum atomic E-state index is 12.1. The summed E-state index contributed by atoms with van der Waals surface area (Å²) < 4.78 is 0. The molecule has 1 saturated carbocycles. The lowest BCUT2D eigenvalue weighted by Gasteiger charge is -2.23. The number of halogens is 1. The molecule has 2 N–H and O–H groups in total. The molecule has 1 aliphatic carbocycles. The molecule has 1 aromatic heterocycles. The number of carbonyl (C=O) groups is 1. The van der Waals surface area contributed by atoms with Crippen molar-refractivity contribution in [3.05, 3.63) is 24.0 Å². The van der Waals surface area contributed by atoms with E-state index >= 15 is 0 Å². The smallest absolute Gasteiger partial charge is 0.272 e. The number of nitrogens with two attached hydrogens (primary N) is 1. The van der Waals surface area contributed by atoms with Gasteiger partial charge in [0.15, 0.2) is 0 Å². The lowest BCUT2D eigenvalue weighted by atomic mass is 10.2. The average Bonchev–Trinajstić information content (AvgIpc) is 2.81. The van der Waals surface area contributed by atoms with Crippen LogP contribution in [0, 0.1) is 0 Å². The molecule has 1 fully saturated rings. The molecule has 17 heavy (non-hydrogen) atoms. The number of rotatable bonds is 2. The minimum atomic E-state index is -0.00750. The second-order valence-corrected chi connectivity index (χ2v) is 4.33. The molecule has 0 aromatic carbocycles. The molecule has 1 heterocycles. The van der Waals surface area contributed by atoms with Gasteiger partial charge in [0.05, 0.1) is 11.9 Å². The molecule has 5 heteroatoms. The topological polar surface area (TPSA) is 59.2 Å². The third-order valence-electron chi connectivity index (χ3n) is 3.20. The Hall–Kier alpha value is -1.29. The van der Waals surface area contributed by atoms with Crippen molar-refractivity contribution in [1.82, 2.24) is 9.88 Å². The number of hydrogen-bond acceptors (Lipinski definition) is 3. The van der Waals surface area contributed by atoms with Crippen LogP contribution in [0.2, 0.25) is 0 Å². The van der Waals surface area contributed by atoms with Crippen LogP contribution >= 0.6 is 12.4 Å². The average molecular weight is 256 g/mol. The molecule has 1 aromatic rings. The zero-order valence-electron chi connectivity index (χ0n) is 9.93. The molecule has 0 radical (unpaired) electrons. The van der Waals surface area contributed by atoms with E-state index in [0.29, 0.717) is 17.4 Å². The Labute approximate surface area is 108 Å². The maximum absolute atomic E-state index is 12.1. The van der Waals surface area contributed by atoms with Gasteiger partial charge in [0.2, 0.25) is 0 Å². The summed E-state index contributed by atoms with van der Waals surface area (Å²) in [6, 6.07) is 3.78. The number of aromatic nitrogens is 1. The van der Waals surface area contributed by atoms with Crippen LogP contribution in [0.1, 0.15) is 36.2 Å². The van der Waals surface area contributed by atoms with Crippen molar-refractivity contribution in [2.75, 3.05) is 12.8 Å². The van der Waals surface area contributed by atoms with Crippen molar-refractivity contribution >= 4 is 24.0 Å². The molecular formula is C12H18ClN3O. The zero-order chi connectivity index (χ0) is 11.5. The third kappa shape index (κ3) is 3.09. The van der Waals surface area contributed by atoms with Crippen molar-refractivity contribution < 1.29 is 4.79 Å². The van der Waals surface area contributed by atoms with Crippen LogP contribution in [0.15, 0.2) is 18.3 Å². The SMILES string of the molecule is CN(C(=O)c1ccc(N)cn1)C1CCCC1.Cl. The van der Waals surface area contributed by atoms with E-state index in [0.717, 1.165) is 12.8 Å². The van der Waals surface area contributed by atoms with Crippen LogP contribution in [0.25, 0.3) is 0 Å². The quantitative estimate of drug-likeness (QED) is 0.881. The first kappa shape index (κ1) is 13.8. The first-order chi connectivity index (χ1) is 7.68. The molecular weight excluding hydrogens is 238 g/mol. The van der Waals surface area contributed by atoms with Gasteiger partial charge in [-0.2, -0.15) is 0 Å². The monoisotopic (exact) mass is 255 g/mol. The van der Waals surface area contributed by atoms with Gasteiger partial charge in [-0.05, 0) is 25.0 Å². The normalized spacial score (nSPS) is 15.4. The molecule has 0 spiro atoms. The molecule has 0 bridgehead atoms. The summed E-state index contributed by atoms with van der Waals surface area (Å²) >= 11 is 0. The van der Waals surface area contributed by atoms with Gasteiger partial charge in [0.1, 0.15) is 5.69 Å². The van der Waals surface area contributed by atoms with E-state index in [1.54, 1.807) is 12.1 Å². The summed E-state index contributed by atoms with van der Waals surface area (Å²) in [4.78, 5) is 17.9. The Balaban J connectivity index is 0.00000144. The van der Waals surface area contributed by atoms with E-state index in [2.05, 4.69) is 4.98 Å². The van der Waals surface area contributed by atoms with E-state index in [1.165, 1.54) is 19.0 Å². The van der Waals surface area contributed by atoms with Crippen molar-refractivity contribution in [2.24, 2.45) is 0 Å².